The molecular weight excluding hydrogens is 196 g/mol. The van der Waals surface area contributed by atoms with E-state index in [4.69, 9.17) is 16.3 Å². The first-order valence-electron chi connectivity index (χ1n) is 4.69. The van der Waals surface area contributed by atoms with Gasteiger partial charge in [-0.25, -0.2) is 0 Å². The van der Waals surface area contributed by atoms with Crippen molar-refractivity contribution < 1.29 is 4.74 Å². The lowest BCUT2D eigenvalue weighted by Crippen LogP contribution is -1.94. The molecule has 0 aliphatic heterocycles. The molecular formula is C12H15ClO. The first-order chi connectivity index (χ1) is 6.86. The maximum Gasteiger partial charge on any atom is 0.0717 e. The molecule has 0 radical (unpaired) electrons. The fourth-order valence-corrected chi connectivity index (χ4v) is 1.33. The molecule has 1 nitrogen and oxygen atoms in total. The van der Waals surface area contributed by atoms with Crippen molar-refractivity contribution in [2.75, 3.05) is 6.61 Å². The van der Waals surface area contributed by atoms with Crippen molar-refractivity contribution in [3.05, 3.63) is 48.0 Å². The molecule has 76 valence electrons. The third kappa shape index (κ3) is 3.95. The molecule has 14 heavy (non-hydrogen) atoms. The fourth-order valence-electron chi connectivity index (χ4n) is 1.16. The van der Waals surface area contributed by atoms with Crippen LogP contribution < -0.4 is 0 Å². The molecule has 0 aliphatic carbocycles. The van der Waals surface area contributed by atoms with Crippen molar-refractivity contribution in [2.24, 2.45) is 0 Å². The monoisotopic (exact) mass is 210 g/mol. The lowest BCUT2D eigenvalue weighted by molar-refractivity contribution is 0.125. The topological polar surface area (TPSA) is 9.23 Å². The summed E-state index contributed by atoms with van der Waals surface area (Å²) in [6.07, 6.45) is 2.75. The Hall–Kier alpha value is -0.790. The first-order valence-corrected chi connectivity index (χ1v) is 5.22. The number of hydrogen-bond acceptors (Lipinski definition) is 1. The summed E-state index contributed by atoms with van der Waals surface area (Å²) >= 11 is 5.73. The number of ether oxygens (including phenoxy) is 1. The summed E-state index contributed by atoms with van der Waals surface area (Å²) in [7, 11) is 0. The van der Waals surface area contributed by atoms with Crippen LogP contribution in [0.3, 0.4) is 0 Å². The molecule has 0 unspecified atom stereocenters. The number of alkyl halides is 1. The van der Waals surface area contributed by atoms with E-state index in [-0.39, 0.29) is 0 Å². The molecule has 0 fully saturated rings. The lowest BCUT2D eigenvalue weighted by atomic mass is 10.1. The van der Waals surface area contributed by atoms with Crippen molar-refractivity contribution in [1.29, 1.82) is 0 Å². The van der Waals surface area contributed by atoms with Gasteiger partial charge in [-0.1, -0.05) is 30.3 Å². The largest absolute Gasteiger partial charge is 0.376 e. The molecule has 0 spiro atoms. The molecule has 0 amide bonds. The van der Waals surface area contributed by atoms with E-state index in [0.717, 1.165) is 18.6 Å². The van der Waals surface area contributed by atoms with Gasteiger partial charge >= 0.3 is 0 Å². The van der Waals surface area contributed by atoms with Gasteiger partial charge in [-0.2, -0.15) is 0 Å². The standard InChI is InChI=1S/C12H15ClO/c1-2-3-7-14-10-12-6-4-5-11(8-12)9-13/h2,4-6,8H,1,3,7,9-10H2. The second kappa shape index (κ2) is 6.63. The summed E-state index contributed by atoms with van der Waals surface area (Å²) in [5, 5.41) is 0. The summed E-state index contributed by atoms with van der Waals surface area (Å²) in [4.78, 5) is 0. The van der Waals surface area contributed by atoms with Crippen molar-refractivity contribution in [3.8, 4) is 0 Å². The van der Waals surface area contributed by atoms with Gasteiger partial charge in [-0.05, 0) is 17.5 Å². The molecule has 0 bridgehead atoms. The molecule has 0 N–H and O–H groups in total. The highest BCUT2D eigenvalue weighted by atomic mass is 35.5. The van der Waals surface area contributed by atoms with E-state index >= 15 is 0 Å². The van der Waals surface area contributed by atoms with Gasteiger partial charge in [0.2, 0.25) is 0 Å². The van der Waals surface area contributed by atoms with E-state index in [0.29, 0.717) is 12.5 Å². The summed E-state index contributed by atoms with van der Waals surface area (Å²) in [5.74, 6) is 0.556. The molecule has 1 aromatic rings. The van der Waals surface area contributed by atoms with Gasteiger partial charge in [-0.15, -0.1) is 18.2 Å². The average Bonchev–Trinajstić information content (AvgIpc) is 2.25. The molecule has 0 saturated carbocycles. The minimum Gasteiger partial charge on any atom is -0.376 e. The highest BCUT2D eigenvalue weighted by Crippen LogP contribution is 2.08. The molecule has 1 rings (SSSR count). The summed E-state index contributed by atoms with van der Waals surface area (Å²) in [6, 6.07) is 8.13. The second-order valence-electron chi connectivity index (χ2n) is 3.08. The highest BCUT2D eigenvalue weighted by molar-refractivity contribution is 6.17. The van der Waals surface area contributed by atoms with Crippen molar-refractivity contribution in [3.63, 3.8) is 0 Å². The van der Waals surface area contributed by atoms with Crippen LogP contribution in [0.25, 0.3) is 0 Å². The SMILES string of the molecule is C=CCCOCc1cccc(CCl)c1. The normalized spacial score (nSPS) is 10.1. The van der Waals surface area contributed by atoms with Crippen LogP contribution in [0.2, 0.25) is 0 Å². The third-order valence-corrected chi connectivity index (χ3v) is 2.19. The van der Waals surface area contributed by atoms with E-state index in [1.807, 2.05) is 24.3 Å². The van der Waals surface area contributed by atoms with E-state index in [1.165, 1.54) is 5.56 Å². The zero-order valence-corrected chi connectivity index (χ0v) is 8.96. The third-order valence-electron chi connectivity index (χ3n) is 1.88. The Bertz CT molecular complexity index is 283. The van der Waals surface area contributed by atoms with Crippen LogP contribution in [0.15, 0.2) is 36.9 Å². The van der Waals surface area contributed by atoms with Crippen molar-refractivity contribution in [1.82, 2.24) is 0 Å². The average molecular weight is 211 g/mol. The quantitative estimate of drug-likeness (QED) is 0.397. The lowest BCUT2D eigenvalue weighted by Gasteiger charge is -2.04. The Balaban J connectivity index is 2.38. The van der Waals surface area contributed by atoms with Crippen LogP contribution in [-0.4, -0.2) is 6.61 Å². The smallest absolute Gasteiger partial charge is 0.0717 e. The Morgan fingerprint density at radius 3 is 2.86 bits per heavy atom. The molecule has 0 aromatic heterocycles. The van der Waals surface area contributed by atoms with Crippen LogP contribution in [0, 0.1) is 0 Å². The Morgan fingerprint density at radius 1 is 1.36 bits per heavy atom. The van der Waals surface area contributed by atoms with E-state index in [2.05, 4.69) is 12.6 Å². The zero-order chi connectivity index (χ0) is 10.2. The van der Waals surface area contributed by atoms with E-state index in [1.54, 1.807) is 0 Å². The van der Waals surface area contributed by atoms with Gasteiger partial charge < -0.3 is 4.74 Å². The number of hydrogen-bond donors (Lipinski definition) is 0. The fraction of sp³-hybridized carbons (Fsp3) is 0.333. The minimum atomic E-state index is 0.556. The maximum absolute atomic E-state index is 5.73. The number of benzene rings is 1. The van der Waals surface area contributed by atoms with Gasteiger partial charge in [0.25, 0.3) is 0 Å². The van der Waals surface area contributed by atoms with Gasteiger partial charge in [0.1, 0.15) is 0 Å². The summed E-state index contributed by atoms with van der Waals surface area (Å²) in [6.45, 7) is 5.02. The molecule has 0 saturated heterocycles. The number of rotatable bonds is 6. The maximum atomic E-state index is 5.73. The predicted molar refractivity (Wildman–Crippen MR) is 60.5 cm³/mol. The molecule has 0 heterocycles. The van der Waals surface area contributed by atoms with Crippen LogP contribution in [-0.2, 0) is 17.2 Å². The van der Waals surface area contributed by atoms with E-state index in [9.17, 15) is 0 Å². The Kier molecular flexibility index (Phi) is 5.35. The molecule has 2 heteroatoms. The summed E-state index contributed by atoms with van der Waals surface area (Å²) in [5.41, 5.74) is 2.31. The van der Waals surface area contributed by atoms with Gasteiger partial charge in [0.15, 0.2) is 0 Å². The van der Waals surface area contributed by atoms with Gasteiger partial charge in [0, 0.05) is 5.88 Å². The van der Waals surface area contributed by atoms with Gasteiger partial charge in [-0.3, -0.25) is 0 Å². The van der Waals surface area contributed by atoms with Crippen molar-refractivity contribution >= 4 is 11.6 Å². The van der Waals surface area contributed by atoms with Crippen molar-refractivity contribution in [2.45, 2.75) is 18.9 Å². The second-order valence-corrected chi connectivity index (χ2v) is 3.35. The Morgan fingerprint density at radius 2 is 2.14 bits per heavy atom. The van der Waals surface area contributed by atoms with Crippen LogP contribution >= 0.6 is 11.6 Å². The number of halogens is 1. The highest BCUT2D eigenvalue weighted by Gasteiger charge is 1.94. The van der Waals surface area contributed by atoms with Crippen LogP contribution in [0.5, 0.6) is 0 Å². The van der Waals surface area contributed by atoms with Crippen LogP contribution in [0.1, 0.15) is 17.5 Å². The minimum absolute atomic E-state index is 0.556. The Labute approximate surface area is 90.3 Å². The zero-order valence-electron chi connectivity index (χ0n) is 8.21. The molecule has 0 aliphatic rings. The van der Waals surface area contributed by atoms with Crippen LogP contribution in [0.4, 0.5) is 0 Å². The van der Waals surface area contributed by atoms with Gasteiger partial charge in [0.05, 0.1) is 13.2 Å². The molecule has 1 aromatic carbocycles. The first kappa shape index (κ1) is 11.3. The predicted octanol–water partition coefficient (Wildman–Crippen LogP) is 3.52. The summed E-state index contributed by atoms with van der Waals surface area (Å²) < 4.78 is 5.45. The van der Waals surface area contributed by atoms with E-state index < -0.39 is 0 Å². The molecule has 0 atom stereocenters.